The Kier molecular flexibility index (Phi) is 5.19. The molecule has 0 spiro atoms. The van der Waals surface area contributed by atoms with Gasteiger partial charge in [0.25, 0.3) is 5.56 Å². The number of fused-ring (bicyclic) bond motifs is 2. The van der Waals surface area contributed by atoms with E-state index in [-0.39, 0.29) is 29.6 Å². The number of carbonyl (C=O) groups excluding carboxylic acids is 1. The third-order valence-corrected chi connectivity index (χ3v) is 5.70. The van der Waals surface area contributed by atoms with Gasteiger partial charge in [0.2, 0.25) is 5.91 Å². The number of carbonyl (C=O) groups is 1. The summed E-state index contributed by atoms with van der Waals surface area (Å²) in [7, 11) is 0. The number of aromatic nitrogens is 2. The van der Waals surface area contributed by atoms with Crippen LogP contribution in [0.15, 0.2) is 35.4 Å². The Balaban J connectivity index is 1.52. The van der Waals surface area contributed by atoms with E-state index in [1.165, 1.54) is 12.4 Å². The third-order valence-electron chi connectivity index (χ3n) is 5.17. The summed E-state index contributed by atoms with van der Waals surface area (Å²) in [5.74, 6) is -0.814. The van der Waals surface area contributed by atoms with Gasteiger partial charge in [0.05, 0.1) is 35.5 Å². The molecule has 0 bridgehead atoms. The predicted octanol–water partition coefficient (Wildman–Crippen LogP) is 3.93. The van der Waals surface area contributed by atoms with E-state index in [4.69, 9.17) is 23.2 Å². The molecule has 6 nitrogen and oxygen atoms in total. The van der Waals surface area contributed by atoms with Gasteiger partial charge in [-0.2, -0.15) is 0 Å². The van der Waals surface area contributed by atoms with Crippen LogP contribution in [0.2, 0.25) is 10.0 Å². The standard InChI is InChI=1S/C20H17Cl2FN4O2/c1-10-19-11(4-12(21)5-14(19)22)2-3-27(10)18(28)8-24-17-7-16-13(6-15(17)23)20(29)26-9-25-16/h4-7,9-10,24H,2-3,8H2,1H3,(H,25,26,29)/t10-/m0/s1. The van der Waals surface area contributed by atoms with E-state index in [0.29, 0.717) is 28.5 Å². The van der Waals surface area contributed by atoms with Crippen molar-refractivity contribution in [3.05, 3.63) is 67.9 Å². The molecule has 2 aromatic carbocycles. The molecule has 0 saturated carbocycles. The fourth-order valence-electron chi connectivity index (χ4n) is 3.74. The summed E-state index contributed by atoms with van der Waals surface area (Å²) < 4.78 is 14.4. The average Bonchev–Trinajstić information content (AvgIpc) is 2.66. The van der Waals surface area contributed by atoms with Gasteiger partial charge in [-0.1, -0.05) is 23.2 Å². The first-order valence-corrected chi connectivity index (χ1v) is 9.79. The molecule has 1 atom stereocenters. The van der Waals surface area contributed by atoms with Crippen LogP contribution in [0.5, 0.6) is 0 Å². The van der Waals surface area contributed by atoms with Gasteiger partial charge < -0.3 is 15.2 Å². The van der Waals surface area contributed by atoms with Crippen LogP contribution in [0.4, 0.5) is 10.1 Å². The van der Waals surface area contributed by atoms with Crippen LogP contribution in [0.3, 0.4) is 0 Å². The summed E-state index contributed by atoms with van der Waals surface area (Å²) >= 11 is 12.4. The normalized spacial score (nSPS) is 16.0. The molecule has 0 unspecified atom stereocenters. The zero-order valence-electron chi connectivity index (χ0n) is 15.4. The van der Waals surface area contributed by atoms with Gasteiger partial charge >= 0.3 is 0 Å². The maximum absolute atomic E-state index is 14.4. The highest BCUT2D eigenvalue weighted by molar-refractivity contribution is 6.35. The van der Waals surface area contributed by atoms with Crippen LogP contribution in [0.25, 0.3) is 10.9 Å². The van der Waals surface area contributed by atoms with E-state index in [9.17, 15) is 14.0 Å². The van der Waals surface area contributed by atoms with Crippen molar-refractivity contribution in [3.8, 4) is 0 Å². The molecule has 9 heteroatoms. The lowest BCUT2D eigenvalue weighted by Crippen LogP contribution is -2.42. The average molecular weight is 435 g/mol. The SMILES string of the molecule is C[C@H]1c2c(Cl)cc(Cl)cc2CCN1C(=O)CNc1cc2nc[nH]c(=O)c2cc1F. The van der Waals surface area contributed by atoms with Crippen molar-refractivity contribution in [2.75, 3.05) is 18.4 Å². The monoisotopic (exact) mass is 434 g/mol. The van der Waals surface area contributed by atoms with Gasteiger partial charge in [-0.25, -0.2) is 9.37 Å². The minimum atomic E-state index is -0.626. The van der Waals surface area contributed by atoms with Gasteiger partial charge in [-0.3, -0.25) is 9.59 Å². The number of nitrogens with zero attached hydrogens (tertiary/aromatic N) is 2. The highest BCUT2D eigenvalue weighted by Gasteiger charge is 2.29. The first-order chi connectivity index (χ1) is 13.8. The second-order valence-electron chi connectivity index (χ2n) is 6.91. The second-order valence-corrected chi connectivity index (χ2v) is 7.75. The van der Waals surface area contributed by atoms with Crippen LogP contribution in [-0.2, 0) is 11.2 Å². The molecule has 0 radical (unpaired) electrons. The molecule has 2 N–H and O–H groups in total. The number of amides is 1. The number of hydrogen-bond donors (Lipinski definition) is 2. The molecule has 3 aromatic rings. The summed E-state index contributed by atoms with van der Waals surface area (Å²) in [6.07, 6.45) is 1.89. The minimum absolute atomic E-state index is 0.101. The van der Waals surface area contributed by atoms with Gasteiger partial charge in [-0.15, -0.1) is 0 Å². The number of hydrogen-bond acceptors (Lipinski definition) is 4. The number of benzene rings is 2. The quantitative estimate of drug-likeness (QED) is 0.654. The molecule has 150 valence electrons. The summed E-state index contributed by atoms with van der Waals surface area (Å²) in [6.45, 7) is 2.32. The summed E-state index contributed by atoms with van der Waals surface area (Å²) in [6, 6.07) is 5.85. The van der Waals surface area contributed by atoms with Crippen molar-refractivity contribution in [2.24, 2.45) is 0 Å². The smallest absolute Gasteiger partial charge is 0.258 e. The molecule has 4 rings (SSSR count). The number of halogens is 3. The zero-order valence-corrected chi connectivity index (χ0v) is 16.9. The Morgan fingerprint density at radius 1 is 1.34 bits per heavy atom. The zero-order chi connectivity index (χ0) is 20.7. The Labute approximate surface area is 175 Å². The van der Waals surface area contributed by atoms with Crippen molar-refractivity contribution >= 4 is 45.7 Å². The van der Waals surface area contributed by atoms with E-state index in [1.54, 1.807) is 11.0 Å². The van der Waals surface area contributed by atoms with E-state index >= 15 is 0 Å². The van der Waals surface area contributed by atoms with Gasteiger partial charge in [0.15, 0.2) is 0 Å². The summed E-state index contributed by atoms with van der Waals surface area (Å²) in [5, 5.41) is 4.07. The van der Waals surface area contributed by atoms with Crippen LogP contribution in [-0.4, -0.2) is 33.9 Å². The molecule has 1 aromatic heterocycles. The lowest BCUT2D eigenvalue weighted by Gasteiger charge is -2.36. The Bertz CT molecular complexity index is 1180. The number of H-pyrrole nitrogens is 1. The fraction of sp³-hybridized carbons (Fsp3) is 0.250. The maximum Gasteiger partial charge on any atom is 0.258 e. The molecule has 1 amide bonds. The van der Waals surface area contributed by atoms with Crippen LogP contribution in [0.1, 0.15) is 24.1 Å². The molecular weight excluding hydrogens is 418 g/mol. The van der Waals surface area contributed by atoms with Crippen LogP contribution in [0, 0.1) is 5.82 Å². The summed E-state index contributed by atoms with van der Waals surface area (Å²) in [4.78, 5) is 32.7. The van der Waals surface area contributed by atoms with Gasteiger partial charge in [0.1, 0.15) is 5.82 Å². The fourth-order valence-corrected chi connectivity index (χ4v) is 4.43. The van der Waals surface area contributed by atoms with Crippen LogP contribution < -0.4 is 10.9 Å². The molecule has 0 aliphatic carbocycles. The number of nitrogens with one attached hydrogen (secondary N) is 2. The molecular formula is C20H17Cl2FN4O2. The Morgan fingerprint density at radius 3 is 2.93 bits per heavy atom. The highest BCUT2D eigenvalue weighted by Crippen LogP contribution is 2.36. The summed E-state index contributed by atoms with van der Waals surface area (Å²) in [5.41, 5.74) is 1.95. The largest absolute Gasteiger partial charge is 0.374 e. The van der Waals surface area contributed by atoms with Crippen LogP contribution >= 0.6 is 23.2 Å². The van der Waals surface area contributed by atoms with Crippen molar-refractivity contribution in [1.82, 2.24) is 14.9 Å². The van der Waals surface area contributed by atoms with E-state index in [0.717, 1.165) is 17.2 Å². The van der Waals surface area contributed by atoms with E-state index < -0.39 is 11.4 Å². The van der Waals surface area contributed by atoms with E-state index in [1.807, 2.05) is 13.0 Å². The highest BCUT2D eigenvalue weighted by atomic mass is 35.5. The lowest BCUT2D eigenvalue weighted by atomic mass is 9.93. The Morgan fingerprint density at radius 2 is 2.14 bits per heavy atom. The molecule has 29 heavy (non-hydrogen) atoms. The first kappa shape index (κ1) is 19.7. The van der Waals surface area contributed by atoms with Crippen molar-refractivity contribution < 1.29 is 9.18 Å². The first-order valence-electron chi connectivity index (χ1n) is 9.03. The van der Waals surface area contributed by atoms with Crippen molar-refractivity contribution in [3.63, 3.8) is 0 Å². The molecule has 2 heterocycles. The van der Waals surface area contributed by atoms with E-state index in [2.05, 4.69) is 15.3 Å². The molecule has 1 aliphatic rings. The number of anilines is 1. The minimum Gasteiger partial charge on any atom is -0.374 e. The third kappa shape index (κ3) is 3.68. The predicted molar refractivity (Wildman–Crippen MR) is 111 cm³/mol. The molecule has 1 aliphatic heterocycles. The number of rotatable bonds is 3. The second kappa shape index (κ2) is 7.65. The van der Waals surface area contributed by atoms with Gasteiger partial charge in [-0.05, 0) is 48.7 Å². The van der Waals surface area contributed by atoms with Gasteiger partial charge in [0, 0.05) is 16.6 Å². The lowest BCUT2D eigenvalue weighted by molar-refractivity contribution is -0.131. The number of aromatic amines is 1. The topological polar surface area (TPSA) is 78.1 Å². The molecule has 0 fully saturated rings. The molecule has 0 saturated heterocycles. The van der Waals surface area contributed by atoms with Crippen molar-refractivity contribution in [2.45, 2.75) is 19.4 Å². The van der Waals surface area contributed by atoms with Crippen molar-refractivity contribution in [1.29, 1.82) is 0 Å². The Hall–Kier alpha value is -2.64. The maximum atomic E-state index is 14.4.